The molecule has 0 amide bonds. The van der Waals surface area contributed by atoms with Crippen LogP contribution in [0, 0.1) is 0 Å². The molecule has 0 aliphatic heterocycles. The summed E-state index contributed by atoms with van der Waals surface area (Å²) < 4.78 is 4.82. The number of hydrogen-bond donors (Lipinski definition) is 0. The molecule has 0 unspecified atom stereocenters. The van der Waals surface area contributed by atoms with E-state index in [1.807, 2.05) is 0 Å². The Morgan fingerprint density at radius 2 is 0.975 bits per heavy atom. The van der Waals surface area contributed by atoms with Crippen LogP contribution in [0.25, 0.3) is 71.8 Å². The summed E-state index contributed by atoms with van der Waals surface area (Å²) in [6, 6.07) is 46.6. The molecule has 190 valence electrons. The van der Waals surface area contributed by atoms with E-state index < -0.39 is 0 Å². The van der Waals surface area contributed by atoms with Crippen molar-refractivity contribution < 1.29 is 0 Å². The van der Waals surface area contributed by atoms with Crippen LogP contribution in [0.15, 0.2) is 133 Å². The monoisotopic (exact) mass is 512 g/mol. The van der Waals surface area contributed by atoms with E-state index in [-0.39, 0.29) is 0 Å². The number of fused-ring (bicyclic) bond motifs is 7. The van der Waals surface area contributed by atoms with Gasteiger partial charge < -0.3 is 9.13 Å². The van der Waals surface area contributed by atoms with Gasteiger partial charge in [-0.05, 0) is 84.8 Å². The normalized spacial score (nSPS) is 11.8. The number of nitrogens with zero attached hydrogens (tertiary/aromatic N) is 2. The number of rotatable bonds is 3. The molecule has 2 nitrogen and oxygen atoms in total. The highest BCUT2D eigenvalue weighted by atomic mass is 15.0. The van der Waals surface area contributed by atoms with Gasteiger partial charge in [-0.3, -0.25) is 0 Å². The van der Waals surface area contributed by atoms with Crippen LogP contribution in [0.2, 0.25) is 0 Å². The van der Waals surface area contributed by atoms with Crippen LogP contribution in [-0.2, 0) is 0 Å². The average Bonchev–Trinajstić information content (AvgIpc) is 3.48. The topological polar surface area (TPSA) is 9.86 Å². The van der Waals surface area contributed by atoms with E-state index in [2.05, 4.69) is 156 Å². The number of aromatic nitrogens is 2. The SMILES string of the molecule is CC(C)=Cc1ccc(-n2c3ccc(-n4c5ccccc5c5ccccc54)cc3c3cc4ccccc4cc32)cc1. The molecule has 0 radical (unpaired) electrons. The zero-order chi connectivity index (χ0) is 26.8. The minimum absolute atomic E-state index is 1.17. The molecule has 0 aliphatic rings. The molecule has 0 bridgehead atoms. The van der Waals surface area contributed by atoms with E-state index in [1.54, 1.807) is 0 Å². The maximum atomic E-state index is 2.42. The summed E-state index contributed by atoms with van der Waals surface area (Å²) in [7, 11) is 0. The molecular weight excluding hydrogens is 484 g/mol. The van der Waals surface area contributed by atoms with Crippen molar-refractivity contribution in [3.8, 4) is 11.4 Å². The van der Waals surface area contributed by atoms with Crippen molar-refractivity contribution in [2.45, 2.75) is 13.8 Å². The van der Waals surface area contributed by atoms with Crippen molar-refractivity contribution in [1.29, 1.82) is 0 Å². The van der Waals surface area contributed by atoms with Crippen LogP contribution >= 0.6 is 0 Å². The second-order valence-electron chi connectivity index (χ2n) is 10.9. The zero-order valence-corrected chi connectivity index (χ0v) is 22.6. The maximum absolute atomic E-state index is 2.42. The van der Waals surface area contributed by atoms with Crippen LogP contribution in [-0.4, -0.2) is 9.13 Å². The Balaban J connectivity index is 1.45. The number of allylic oxidation sites excluding steroid dienone is 1. The minimum Gasteiger partial charge on any atom is -0.309 e. The molecular formula is C38H28N2. The lowest BCUT2D eigenvalue weighted by Crippen LogP contribution is -1.96. The molecule has 0 saturated heterocycles. The molecule has 6 aromatic carbocycles. The highest BCUT2D eigenvalue weighted by Gasteiger charge is 2.17. The van der Waals surface area contributed by atoms with Gasteiger partial charge >= 0.3 is 0 Å². The van der Waals surface area contributed by atoms with Crippen molar-refractivity contribution in [2.75, 3.05) is 0 Å². The van der Waals surface area contributed by atoms with E-state index in [4.69, 9.17) is 0 Å². The Hall–Kier alpha value is -5.08. The predicted octanol–water partition coefficient (Wildman–Crippen LogP) is 10.5. The van der Waals surface area contributed by atoms with Gasteiger partial charge in [0.05, 0.1) is 22.1 Å². The number of hydrogen-bond acceptors (Lipinski definition) is 0. The fraction of sp³-hybridized carbons (Fsp3) is 0.0526. The van der Waals surface area contributed by atoms with Crippen LogP contribution in [0.1, 0.15) is 19.4 Å². The van der Waals surface area contributed by atoms with E-state index in [1.165, 1.54) is 76.9 Å². The fourth-order valence-electron chi connectivity index (χ4n) is 6.36. The summed E-state index contributed by atoms with van der Waals surface area (Å²) in [5.41, 5.74) is 9.77. The van der Waals surface area contributed by atoms with Crippen molar-refractivity contribution in [3.05, 3.63) is 139 Å². The van der Waals surface area contributed by atoms with Gasteiger partial charge in [-0.25, -0.2) is 0 Å². The summed E-state index contributed by atoms with van der Waals surface area (Å²) in [5, 5.41) is 7.60. The minimum atomic E-state index is 1.17. The summed E-state index contributed by atoms with van der Waals surface area (Å²) >= 11 is 0. The summed E-state index contributed by atoms with van der Waals surface area (Å²) in [6.07, 6.45) is 2.22. The first-order valence-electron chi connectivity index (χ1n) is 13.9. The third-order valence-electron chi connectivity index (χ3n) is 8.06. The van der Waals surface area contributed by atoms with E-state index in [0.29, 0.717) is 0 Å². The van der Waals surface area contributed by atoms with Gasteiger partial charge in [-0.2, -0.15) is 0 Å². The van der Waals surface area contributed by atoms with Crippen LogP contribution < -0.4 is 0 Å². The van der Waals surface area contributed by atoms with Gasteiger partial charge in [0.15, 0.2) is 0 Å². The number of benzene rings is 6. The molecule has 2 aromatic heterocycles. The third kappa shape index (κ3) is 3.43. The van der Waals surface area contributed by atoms with Gasteiger partial charge in [0.25, 0.3) is 0 Å². The largest absolute Gasteiger partial charge is 0.309 e. The van der Waals surface area contributed by atoms with Crippen LogP contribution in [0.4, 0.5) is 0 Å². The molecule has 40 heavy (non-hydrogen) atoms. The van der Waals surface area contributed by atoms with Gasteiger partial charge in [0.1, 0.15) is 0 Å². The summed E-state index contributed by atoms with van der Waals surface area (Å²) in [6.45, 7) is 4.28. The second kappa shape index (κ2) is 8.72. The molecule has 0 saturated carbocycles. The lowest BCUT2D eigenvalue weighted by molar-refractivity contribution is 1.17. The molecule has 0 aliphatic carbocycles. The Kier molecular flexibility index (Phi) is 4.99. The Bertz CT molecular complexity index is 2220. The molecule has 0 fully saturated rings. The first-order chi connectivity index (χ1) is 19.7. The van der Waals surface area contributed by atoms with Gasteiger partial charge in [-0.1, -0.05) is 84.4 Å². The highest BCUT2D eigenvalue weighted by Crippen LogP contribution is 2.38. The zero-order valence-electron chi connectivity index (χ0n) is 22.6. The quantitative estimate of drug-likeness (QED) is 0.223. The Morgan fingerprint density at radius 1 is 0.450 bits per heavy atom. The van der Waals surface area contributed by atoms with Crippen molar-refractivity contribution in [1.82, 2.24) is 9.13 Å². The molecule has 2 heterocycles. The van der Waals surface area contributed by atoms with Crippen molar-refractivity contribution in [2.24, 2.45) is 0 Å². The molecule has 8 aromatic rings. The van der Waals surface area contributed by atoms with Gasteiger partial charge in [-0.15, -0.1) is 0 Å². The molecule has 0 N–H and O–H groups in total. The standard InChI is InChI=1S/C38H28N2/c1-25(2)21-26-15-17-29(18-16-26)39-37-20-19-30(24-34(37)33-22-27-9-3-4-10-28(27)23-38(33)39)40-35-13-7-5-11-31(35)32-12-6-8-14-36(32)40/h3-24H,1-2H3. The van der Waals surface area contributed by atoms with Gasteiger partial charge in [0.2, 0.25) is 0 Å². The molecule has 2 heteroatoms. The Labute approximate surface area is 233 Å². The Morgan fingerprint density at radius 3 is 1.65 bits per heavy atom. The molecule has 0 spiro atoms. The van der Waals surface area contributed by atoms with Gasteiger partial charge in [0, 0.05) is 32.9 Å². The summed E-state index contributed by atoms with van der Waals surface area (Å²) in [5.74, 6) is 0. The fourth-order valence-corrected chi connectivity index (χ4v) is 6.36. The second-order valence-corrected chi connectivity index (χ2v) is 10.9. The first kappa shape index (κ1) is 22.9. The smallest absolute Gasteiger partial charge is 0.0547 e. The van der Waals surface area contributed by atoms with Crippen LogP contribution in [0.5, 0.6) is 0 Å². The summed E-state index contributed by atoms with van der Waals surface area (Å²) in [4.78, 5) is 0. The number of para-hydroxylation sites is 2. The van der Waals surface area contributed by atoms with E-state index >= 15 is 0 Å². The first-order valence-corrected chi connectivity index (χ1v) is 13.9. The average molecular weight is 513 g/mol. The molecule has 0 atom stereocenters. The van der Waals surface area contributed by atoms with E-state index in [9.17, 15) is 0 Å². The van der Waals surface area contributed by atoms with Crippen LogP contribution in [0.3, 0.4) is 0 Å². The lowest BCUT2D eigenvalue weighted by atomic mass is 10.1. The van der Waals surface area contributed by atoms with Crippen molar-refractivity contribution in [3.63, 3.8) is 0 Å². The maximum Gasteiger partial charge on any atom is 0.0547 e. The predicted molar refractivity (Wildman–Crippen MR) is 172 cm³/mol. The lowest BCUT2D eigenvalue weighted by Gasteiger charge is -2.11. The van der Waals surface area contributed by atoms with E-state index in [0.717, 1.165) is 0 Å². The molecule has 8 rings (SSSR count). The highest BCUT2D eigenvalue weighted by molar-refractivity contribution is 6.15. The third-order valence-corrected chi connectivity index (χ3v) is 8.06. The van der Waals surface area contributed by atoms with Crippen molar-refractivity contribution >= 4 is 60.5 Å².